The third-order valence-corrected chi connectivity index (χ3v) is 4.43. The minimum absolute atomic E-state index is 0.109. The summed E-state index contributed by atoms with van der Waals surface area (Å²) in [5, 5.41) is 0. The third-order valence-electron chi connectivity index (χ3n) is 3.20. The first-order valence-electron chi connectivity index (χ1n) is 5.92. The molecule has 0 saturated carbocycles. The summed E-state index contributed by atoms with van der Waals surface area (Å²) in [5.41, 5.74) is 0. The molecule has 16 heavy (non-hydrogen) atoms. The Hall–Kier alpha value is -0.670. The predicted molar refractivity (Wildman–Crippen MR) is 65.9 cm³/mol. The van der Waals surface area contributed by atoms with Crippen molar-refractivity contribution in [3.05, 3.63) is 21.9 Å². The molecule has 2 nitrogen and oxygen atoms in total. The van der Waals surface area contributed by atoms with Crippen LogP contribution in [0.25, 0.3) is 0 Å². The van der Waals surface area contributed by atoms with Crippen molar-refractivity contribution in [1.82, 2.24) is 0 Å². The van der Waals surface area contributed by atoms with Crippen molar-refractivity contribution >= 4 is 17.1 Å². The van der Waals surface area contributed by atoms with Gasteiger partial charge < -0.3 is 4.74 Å². The Balaban J connectivity index is 1.96. The van der Waals surface area contributed by atoms with E-state index < -0.39 is 0 Å². The average molecular weight is 238 g/mol. The molecule has 0 spiro atoms. The Morgan fingerprint density at radius 3 is 2.81 bits per heavy atom. The fourth-order valence-electron chi connectivity index (χ4n) is 2.16. The van der Waals surface area contributed by atoms with Crippen molar-refractivity contribution in [1.29, 1.82) is 0 Å². The topological polar surface area (TPSA) is 26.3 Å². The number of ketones is 1. The zero-order valence-corrected chi connectivity index (χ0v) is 10.7. The highest BCUT2D eigenvalue weighted by atomic mass is 32.1. The fourth-order valence-corrected chi connectivity index (χ4v) is 3.13. The molecule has 2 rings (SSSR count). The van der Waals surface area contributed by atoms with Crippen LogP contribution in [0.5, 0.6) is 0 Å². The van der Waals surface area contributed by atoms with Crippen LogP contribution in [0.15, 0.2) is 12.1 Å². The second kappa shape index (κ2) is 5.11. The summed E-state index contributed by atoms with van der Waals surface area (Å²) in [6.45, 7) is 4.88. The van der Waals surface area contributed by atoms with E-state index in [-0.39, 0.29) is 12.0 Å². The van der Waals surface area contributed by atoms with Crippen molar-refractivity contribution in [2.24, 2.45) is 5.92 Å². The Morgan fingerprint density at radius 1 is 1.50 bits per heavy atom. The van der Waals surface area contributed by atoms with Gasteiger partial charge in [0.1, 0.15) is 5.78 Å². The molecule has 1 saturated heterocycles. The Labute approximate surface area is 101 Å². The molecular formula is C13H18O2S. The zero-order valence-electron chi connectivity index (χ0n) is 9.86. The first kappa shape index (κ1) is 11.8. The standard InChI is InChI=1S/C13H18O2S/c1-3-10-4-5-11(16-10)8-13(14)12-6-7-15-9(12)2/h4-5,9,12H,3,6-8H2,1-2H3. The summed E-state index contributed by atoms with van der Waals surface area (Å²) >= 11 is 1.76. The van der Waals surface area contributed by atoms with Gasteiger partial charge in [0.05, 0.1) is 6.10 Å². The summed E-state index contributed by atoms with van der Waals surface area (Å²) in [7, 11) is 0. The van der Waals surface area contributed by atoms with Gasteiger partial charge in [-0.05, 0) is 31.9 Å². The molecule has 0 bridgehead atoms. The van der Waals surface area contributed by atoms with Gasteiger partial charge in [0.25, 0.3) is 0 Å². The van der Waals surface area contributed by atoms with Crippen molar-refractivity contribution in [3.63, 3.8) is 0 Å². The van der Waals surface area contributed by atoms with E-state index in [1.54, 1.807) is 11.3 Å². The molecule has 1 fully saturated rings. The monoisotopic (exact) mass is 238 g/mol. The van der Waals surface area contributed by atoms with Crippen molar-refractivity contribution in [2.45, 2.75) is 39.2 Å². The third kappa shape index (κ3) is 2.53. The summed E-state index contributed by atoms with van der Waals surface area (Å²) in [6.07, 6.45) is 2.65. The van der Waals surface area contributed by atoms with Crippen molar-refractivity contribution < 1.29 is 9.53 Å². The van der Waals surface area contributed by atoms with E-state index >= 15 is 0 Å². The Kier molecular flexibility index (Phi) is 3.77. The van der Waals surface area contributed by atoms with Crippen LogP contribution in [0.2, 0.25) is 0 Å². The average Bonchev–Trinajstić information content (AvgIpc) is 2.86. The first-order valence-corrected chi connectivity index (χ1v) is 6.74. The van der Waals surface area contributed by atoms with E-state index in [1.165, 1.54) is 9.75 Å². The van der Waals surface area contributed by atoms with Crippen molar-refractivity contribution in [3.8, 4) is 0 Å². The second-order valence-corrected chi connectivity index (χ2v) is 5.59. The number of thiophene rings is 1. The number of hydrogen-bond acceptors (Lipinski definition) is 3. The van der Waals surface area contributed by atoms with E-state index in [0.717, 1.165) is 19.4 Å². The van der Waals surface area contributed by atoms with E-state index in [0.29, 0.717) is 12.2 Å². The van der Waals surface area contributed by atoms with Crippen molar-refractivity contribution in [2.75, 3.05) is 6.61 Å². The second-order valence-electron chi connectivity index (χ2n) is 4.34. The molecule has 0 radical (unpaired) electrons. The molecule has 0 aliphatic carbocycles. The maximum absolute atomic E-state index is 12.0. The lowest BCUT2D eigenvalue weighted by atomic mass is 9.95. The highest BCUT2D eigenvalue weighted by Crippen LogP contribution is 2.25. The van der Waals surface area contributed by atoms with Gasteiger partial charge in [-0.2, -0.15) is 0 Å². The van der Waals surface area contributed by atoms with Crippen LogP contribution in [0, 0.1) is 5.92 Å². The Morgan fingerprint density at radius 2 is 2.25 bits per heavy atom. The summed E-state index contributed by atoms with van der Waals surface area (Å²) < 4.78 is 5.43. The lowest BCUT2D eigenvalue weighted by Gasteiger charge is -2.11. The fraction of sp³-hybridized carbons (Fsp3) is 0.615. The normalized spacial score (nSPS) is 24.9. The highest BCUT2D eigenvalue weighted by molar-refractivity contribution is 7.12. The molecular weight excluding hydrogens is 220 g/mol. The van der Waals surface area contributed by atoms with Crippen LogP contribution in [0.4, 0.5) is 0 Å². The quantitative estimate of drug-likeness (QED) is 0.806. The first-order chi connectivity index (χ1) is 7.70. The molecule has 2 atom stereocenters. The molecule has 3 heteroatoms. The molecule has 1 aliphatic heterocycles. The number of Topliss-reactive ketones (excluding diaryl/α,β-unsaturated/α-hetero) is 1. The minimum atomic E-state index is 0.109. The largest absolute Gasteiger partial charge is 0.378 e. The lowest BCUT2D eigenvalue weighted by molar-refractivity contribution is -0.123. The maximum atomic E-state index is 12.0. The summed E-state index contributed by atoms with van der Waals surface area (Å²) in [6, 6.07) is 4.21. The van der Waals surface area contributed by atoms with Gasteiger partial charge >= 0.3 is 0 Å². The Bertz CT molecular complexity index is 370. The molecule has 0 N–H and O–H groups in total. The molecule has 88 valence electrons. The van der Waals surface area contributed by atoms with Gasteiger partial charge in [-0.15, -0.1) is 11.3 Å². The van der Waals surface area contributed by atoms with Gasteiger partial charge in [-0.3, -0.25) is 4.79 Å². The zero-order chi connectivity index (χ0) is 11.5. The predicted octanol–water partition coefficient (Wildman–Crippen LogP) is 2.85. The smallest absolute Gasteiger partial charge is 0.143 e. The molecule has 2 heterocycles. The van der Waals surface area contributed by atoms with E-state index in [1.807, 2.05) is 6.92 Å². The van der Waals surface area contributed by atoms with Crippen LogP contribution in [0.1, 0.15) is 30.0 Å². The highest BCUT2D eigenvalue weighted by Gasteiger charge is 2.30. The summed E-state index contributed by atoms with van der Waals surface area (Å²) in [4.78, 5) is 14.6. The lowest BCUT2D eigenvalue weighted by Crippen LogP contribution is -2.22. The number of hydrogen-bond donors (Lipinski definition) is 0. The van der Waals surface area contributed by atoms with Gasteiger partial charge in [0, 0.05) is 28.7 Å². The molecule has 0 amide bonds. The van der Waals surface area contributed by atoms with Crippen LogP contribution in [0.3, 0.4) is 0 Å². The molecule has 1 aliphatic rings. The molecule has 0 aromatic carbocycles. The number of carbonyl (C=O) groups excluding carboxylic acids is 1. The maximum Gasteiger partial charge on any atom is 0.143 e. The molecule has 2 unspecified atom stereocenters. The molecule has 1 aromatic rings. The van der Waals surface area contributed by atoms with Crippen LogP contribution < -0.4 is 0 Å². The summed E-state index contributed by atoms with van der Waals surface area (Å²) in [5.74, 6) is 0.460. The van der Waals surface area contributed by atoms with Gasteiger partial charge in [0.15, 0.2) is 0 Å². The number of ether oxygens (including phenoxy) is 1. The SMILES string of the molecule is CCc1ccc(CC(=O)C2CCOC2C)s1. The van der Waals surface area contributed by atoms with E-state index in [4.69, 9.17) is 4.74 Å². The van der Waals surface area contributed by atoms with Gasteiger partial charge in [-0.1, -0.05) is 6.92 Å². The van der Waals surface area contributed by atoms with E-state index in [9.17, 15) is 4.79 Å². The van der Waals surface area contributed by atoms with Gasteiger partial charge in [0.2, 0.25) is 0 Å². The van der Waals surface area contributed by atoms with Gasteiger partial charge in [-0.25, -0.2) is 0 Å². The van der Waals surface area contributed by atoms with Crippen LogP contribution in [-0.2, 0) is 22.4 Å². The van der Waals surface area contributed by atoms with Crippen LogP contribution in [-0.4, -0.2) is 18.5 Å². The number of carbonyl (C=O) groups is 1. The molecule has 1 aromatic heterocycles. The minimum Gasteiger partial charge on any atom is -0.378 e. The number of rotatable bonds is 4. The van der Waals surface area contributed by atoms with Crippen LogP contribution >= 0.6 is 11.3 Å². The van der Waals surface area contributed by atoms with E-state index in [2.05, 4.69) is 19.1 Å². The number of aryl methyl sites for hydroxylation is 1.